The molecule has 1 atom stereocenters. The number of ketones is 1. The molecule has 0 aromatic heterocycles. The third-order valence-electron chi connectivity index (χ3n) is 2.46. The summed E-state index contributed by atoms with van der Waals surface area (Å²) in [4.78, 5) is 11.7. The molecule has 0 radical (unpaired) electrons. The molecule has 12 heavy (non-hydrogen) atoms. The van der Waals surface area contributed by atoms with Crippen LogP contribution >= 0.6 is 0 Å². The van der Waals surface area contributed by atoms with Gasteiger partial charge in [-0.3, -0.25) is 4.79 Å². The Morgan fingerprint density at radius 2 is 2.17 bits per heavy atom. The molecule has 2 aliphatic rings. The van der Waals surface area contributed by atoms with Crippen molar-refractivity contribution in [1.82, 2.24) is 0 Å². The summed E-state index contributed by atoms with van der Waals surface area (Å²) in [6.07, 6.45) is 8.00. The Hall–Kier alpha value is -1.11. The topological polar surface area (TPSA) is 17.1 Å². The van der Waals surface area contributed by atoms with Crippen LogP contribution in [0.4, 0.5) is 0 Å². The van der Waals surface area contributed by atoms with Crippen molar-refractivity contribution in [2.45, 2.75) is 13.8 Å². The molecule has 0 fully saturated rings. The van der Waals surface area contributed by atoms with Gasteiger partial charge in [0.1, 0.15) is 0 Å². The third kappa shape index (κ3) is 0.893. The zero-order valence-corrected chi connectivity index (χ0v) is 7.37. The number of hydrogen-bond donors (Lipinski definition) is 0. The number of hydrogen-bond acceptors (Lipinski definition) is 1. The standard InChI is InChI=1S/C11H12O/c1-7(2)10-6-8-4-3-5-9(8)11(10)12/h3-7,9H,1-2H3. The number of rotatable bonds is 1. The van der Waals surface area contributed by atoms with Crippen molar-refractivity contribution in [1.29, 1.82) is 0 Å². The lowest BCUT2D eigenvalue weighted by Crippen LogP contribution is -2.10. The molecular formula is C11H12O. The summed E-state index contributed by atoms with van der Waals surface area (Å²) in [5.74, 6) is 0.713. The molecule has 0 saturated carbocycles. The van der Waals surface area contributed by atoms with E-state index in [0.29, 0.717) is 11.7 Å². The van der Waals surface area contributed by atoms with E-state index >= 15 is 0 Å². The van der Waals surface area contributed by atoms with Gasteiger partial charge in [0.25, 0.3) is 0 Å². The van der Waals surface area contributed by atoms with Crippen LogP contribution in [0.5, 0.6) is 0 Å². The zero-order chi connectivity index (χ0) is 8.72. The highest BCUT2D eigenvalue weighted by Crippen LogP contribution is 2.34. The molecule has 2 aliphatic carbocycles. The Bertz CT molecular complexity index is 316. The second-order valence-electron chi connectivity index (χ2n) is 3.65. The lowest BCUT2D eigenvalue weighted by atomic mass is 9.97. The molecule has 1 heteroatoms. The van der Waals surface area contributed by atoms with E-state index in [9.17, 15) is 4.79 Å². The summed E-state index contributed by atoms with van der Waals surface area (Å²) in [6, 6.07) is 0. The normalized spacial score (nSPS) is 26.2. The van der Waals surface area contributed by atoms with E-state index in [4.69, 9.17) is 0 Å². The highest BCUT2D eigenvalue weighted by atomic mass is 16.1. The van der Waals surface area contributed by atoms with Gasteiger partial charge in [-0.1, -0.05) is 38.2 Å². The van der Waals surface area contributed by atoms with Gasteiger partial charge in [0, 0.05) is 0 Å². The average molecular weight is 160 g/mol. The highest BCUT2D eigenvalue weighted by Gasteiger charge is 2.31. The smallest absolute Gasteiger partial charge is 0.170 e. The van der Waals surface area contributed by atoms with E-state index in [2.05, 4.69) is 13.8 Å². The van der Waals surface area contributed by atoms with Gasteiger partial charge in [0.05, 0.1) is 5.92 Å². The fraction of sp³-hybridized carbons (Fsp3) is 0.364. The number of carbonyl (C=O) groups excluding carboxylic acids is 1. The van der Waals surface area contributed by atoms with Crippen molar-refractivity contribution in [3.8, 4) is 0 Å². The Labute approximate surface area is 72.5 Å². The fourth-order valence-corrected chi connectivity index (χ4v) is 1.75. The monoisotopic (exact) mass is 160 g/mol. The van der Waals surface area contributed by atoms with Gasteiger partial charge in [-0.25, -0.2) is 0 Å². The van der Waals surface area contributed by atoms with Gasteiger partial charge in [0.2, 0.25) is 0 Å². The molecular weight excluding hydrogens is 148 g/mol. The van der Waals surface area contributed by atoms with Crippen molar-refractivity contribution >= 4 is 5.78 Å². The first-order valence-corrected chi connectivity index (χ1v) is 4.34. The van der Waals surface area contributed by atoms with E-state index in [0.717, 1.165) is 5.57 Å². The van der Waals surface area contributed by atoms with Crippen LogP contribution in [0.1, 0.15) is 13.8 Å². The predicted octanol–water partition coefficient (Wildman–Crippen LogP) is 2.26. The number of Topliss-reactive ketones (excluding diaryl/α,β-unsaturated/α-hetero) is 1. The molecule has 0 aromatic rings. The summed E-state index contributed by atoms with van der Waals surface area (Å²) in [5.41, 5.74) is 2.15. The molecule has 1 unspecified atom stereocenters. The van der Waals surface area contributed by atoms with Crippen molar-refractivity contribution in [2.24, 2.45) is 11.8 Å². The van der Waals surface area contributed by atoms with E-state index in [1.165, 1.54) is 5.57 Å². The second kappa shape index (κ2) is 2.44. The quantitative estimate of drug-likeness (QED) is 0.575. The van der Waals surface area contributed by atoms with Gasteiger partial charge in [-0.15, -0.1) is 0 Å². The molecule has 0 saturated heterocycles. The molecule has 0 aromatic carbocycles. The average Bonchev–Trinajstić information content (AvgIpc) is 2.53. The third-order valence-corrected chi connectivity index (χ3v) is 2.46. The Kier molecular flexibility index (Phi) is 1.53. The first-order valence-electron chi connectivity index (χ1n) is 4.34. The van der Waals surface area contributed by atoms with Crippen molar-refractivity contribution < 1.29 is 4.79 Å². The first-order chi connectivity index (χ1) is 5.70. The van der Waals surface area contributed by atoms with Gasteiger partial charge in [0.15, 0.2) is 5.78 Å². The molecule has 0 N–H and O–H groups in total. The minimum atomic E-state index is 0.0578. The molecule has 0 spiro atoms. The Morgan fingerprint density at radius 3 is 2.75 bits per heavy atom. The minimum Gasteiger partial charge on any atom is -0.293 e. The summed E-state index contributed by atoms with van der Waals surface area (Å²) < 4.78 is 0. The zero-order valence-electron chi connectivity index (χ0n) is 7.37. The number of fused-ring (bicyclic) bond motifs is 1. The van der Waals surface area contributed by atoms with E-state index in [1.54, 1.807) is 0 Å². The lowest BCUT2D eigenvalue weighted by Gasteiger charge is -2.05. The van der Waals surface area contributed by atoms with Gasteiger partial charge < -0.3 is 0 Å². The van der Waals surface area contributed by atoms with Crippen LogP contribution in [0, 0.1) is 11.8 Å². The first kappa shape index (κ1) is 7.53. The summed E-state index contributed by atoms with van der Waals surface area (Å²) in [5, 5.41) is 0. The number of allylic oxidation sites excluding steroid dienone is 6. The van der Waals surface area contributed by atoms with E-state index < -0.39 is 0 Å². The van der Waals surface area contributed by atoms with Crippen molar-refractivity contribution in [3.05, 3.63) is 35.5 Å². The van der Waals surface area contributed by atoms with Crippen LogP contribution < -0.4 is 0 Å². The highest BCUT2D eigenvalue weighted by molar-refractivity contribution is 6.05. The molecule has 0 heterocycles. The molecule has 0 bridgehead atoms. The van der Waals surface area contributed by atoms with Crippen molar-refractivity contribution in [2.75, 3.05) is 0 Å². The molecule has 62 valence electrons. The summed E-state index contributed by atoms with van der Waals surface area (Å²) in [7, 11) is 0. The van der Waals surface area contributed by atoms with E-state index in [1.807, 2.05) is 24.3 Å². The van der Waals surface area contributed by atoms with Gasteiger partial charge in [-0.2, -0.15) is 0 Å². The SMILES string of the molecule is CC(C)C1=CC2=CC=CC2C1=O. The van der Waals surface area contributed by atoms with Crippen molar-refractivity contribution in [3.63, 3.8) is 0 Å². The predicted molar refractivity (Wildman–Crippen MR) is 48.6 cm³/mol. The van der Waals surface area contributed by atoms with E-state index in [-0.39, 0.29) is 5.92 Å². The Morgan fingerprint density at radius 1 is 1.42 bits per heavy atom. The van der Waals surface area contributed by atoms with Crippen LogP contribution in [0.3, 0.4) is 0 Å². The largest absolute Gasteiger partial charge is 0.293 e. The maximum Gasteiger partial charge on any atom is 0.170 e. The van der Waals surface area contributed by atoms with Crippen LogP contribution in [-0.4, -0.2) is 5.78 Å². The maximum absolute atomic E-state index is 11.7. The molecule has 0 aliphatic heterocycles. The minimum absolute atomic E-state index is 0.0578. The number of carbonyl (C=O) groups is 1. The van der Waals surface area contributed by atoms with Crippen LogP contribution in [0.25, 0.3) is 0 Å². The van der Waals surface area contributed by atoms with Gasteiger partial charge in [-0.05, 0) is 17.1 Å². The maximum atomic E-state index is 11.7. The molecule has 1 nitrogen and oxygen atoms in total. The van der Waals surface area contributed by atoms with Crippen LogP contribution in [0.15, 0.2) is 35.5 Å². The fourth-order valence-electron chi connectivity index (χ4n) is 1.75. The summed E-state index contributed by atoms with van der Waals surface area (Å²) >= 11 is 0. The molecule has 2 rings (SSSR count). The lowest BCUT2D eigenvalue weighted by molar-refractivity contribution is -0.116. The van der Waals surface area contributed by atoms with Crippen LogP contribution in [0.2, 0.25) is 0 Å². The van der Waals surface area contributed by atoms with Crippen LogP contribution in [-0.2, 0) is 4.79 Å². The second-order valence-corrected chi connectivity index (χ2v) is 3.65. The Balaban J connectivity index is 2.37. The molecule has 0 amide bonds. The van der Waals surface area contributed by atoms with Gasteiger partial charge >= 0.3 is 0 Å². The summed E-state index contributed by atoms with van der Waals surface area (Å²) in [6.45, 7) is 4.13.